The van der Waals surface area contributed by atoms with Crippen molar-refractivity contribution in [3.63, 3.8) is 0 Å². The summed E-state index contributed by atoms with van der Waals surface area (Å²) < 4.78 is 13.4. The predicted octanol–water partition coefficient (Wildman–Crippen LogP) is 4.64. The van der Waals surface area contributed by atoms with Crippen LogP contribution in [0.15, 0.2) is 42.5 Å². The summed E-state index contributed by atoms with van der Waals surface area (Å²) in [5.41, 5.74) is 2.79. The molecule has 2 aromatic carbocycles. The molecule has 1 nitrogen and oxygen atoms in total. The SMILES string of the molecule is Cc1ccc(CN[C@@H](C)c2ccc(Cl)cc2)cc1F. The molecule has 0 aliphatic rings. The van der Waals surface area contributed by atoms with E-state index >= 15 is 0 Å². The van der Waals surface area contributed by atoms with E-state index in [9.17, 15) is 4.39 Å². The summed E-state index contributed by atoms with van der Waals surface area (Å²) >= 11 is 5.86. The first kappa shape index (κ1) is 14.0. The van der Waals surface area contributed by atoms with Gasteiger partial charge in [-0.25, -0.2) is 4.39 Å². The summed E-state index contributed by atoms with van der Waals surface area (Å²) in [5, 5.41) is 4.10. The number of halogens is 2. The number of nitrogens with one attached hydrogen (secondary N) is 1. The average Bonchev–Trinajstić information content (AvgIpc) is 2.40. The normalized spacial score (nSPS) is 12.4. The van der Waals surface area contributed by atoms with E-state index in [1.54, 1.807) is 19.1 Å². The maximum atomic E-state index is 13.4. The van der Waals surface area contributed by atoms with Crippen LogP contribution in [0.2, 0.25) is 5.02 Å². The van der Waals surface area contributed by atoms with Gasteiger partial charge in [-0.05, 0) is 48.7 Å². The maximum Gasteiger partial charge on any atom is 0.126 e. The number of aryl methyl sites for hydroxylation is 1. The topological polar surface area (TPSA) is 12.0 Å². The fourth-order valence-corrected chi connectivity index (χ4v) is 2.01. The maximum absolute atomic E-state index is 13.4. The molecule has 1 N–H and O–H groups in total. The van der Waals surface area contributed by atoms with Gasteiger partial charge in [-0.15, -0.1) is 0 Å². The standard InChI is InChI=1S/C16H17ClFN/c1-11-3-4-13(9-16(11)18)10-19-12(2)14-5-7-15(17)8-6-14/h3-9,12,19H,10H2,1-2H3/t12-/m0/s1. The van der Waals surface area contributed by atoms with Gasteiger partial charge in [-0.2, -0.15) is 0 Å². The molecule has 0 radical (unpaired) electrons. The molecule has 19 heavy (non-hydrogen) atoms. The minimum absolute atomic E-state index is 0.154. The van der Waals surface area contributed by atoms with Gasteiger partial charge in [-0.1, -0.05) is 35.9 Å². The first-order valence-electron chi connectivity index (χ1n) is 6.30. The fourth-order valence-electron chi connectivity index (χ4n) is 1.89. The first-order valence-corrected chi connectivity index (χ1v) is 6.68. The van der Waals surface area contributed by atoms with Crippen molar-refractivity contribution < 1.29 is 4.39 Å². The summed E-state index contributed by atoms with van der Waals surface area (Å²) in [6.45, 7) is 4.48. The molecule has 2 rings (SSSR count). The van der Waals surface area contributed by atoms with Crippen molar-refractivity contribution in [1.29, 1.82) is 0 Å². The lowest BCUT2D eigenvalue weighted by molar-refractivity contribution is 0.568. The number of rotatable bonds is 4. The third-order valence-corrected chi connectivity index (χ3v) is 3.47. The molecular weight excluding hydrogens is 261 g/mol. The summed E-state index contributed by atoms with van der Waals surface area (Å²) in [6, 6.07) is 13.3. The van der Waals surface area contributed by atoms with Gasteiger partial charge >= 0.3 is 0 Å². The molecule has 0 aliphatic carbocycles. The molecule has 0 saturated carbocycles. The van der Waals surface area contributed by atoms with Crippen molar-refractivity contribution in [2.75, 3.05) is 0 Å². The van der Waals surface area contributed by atoms with Crippen LogP contribution in [0.5, 0.6) is 0 Å². The van der Waals surface area contributed by atoms with Crippen molar-refractivity contribution in [1.82, 2.24) is 5.32 Å². The number of hydrogen-bond acceptors (Lipinski definition) is 1. The van der Waals surface area contributed by atoms with Gasteiger partial charge in [-0.3, -0.25) is 0 Å². The Labute approximate surface area is 118 Å². The number of benzene rings is 2. The van der Waals surface area contributed by atoms with Crippen molar-refractivity contribution >= 4 is 11.6 Å². The molecule has 0 aromatic heterocycles. The summed E-state index contributed by atoms with van der Waals surface area (Å²) in [6.07, 6.45) is 0. The van der Waals surface area contributed by atoms with E-state index in [1.807, 2.05) is 30.3 Å². The fraction of sp³-hybridized carbons (Fsp3) is 0.250. The minimum atomic E-state index is -0.154. The molecule has 0 fully saturated rings. The highest BCUT2D eigenvalue weighted by Crippen LogP contribution is 2.17. The van der Waals surface area contributed by atoms with E-state index < -0.39 is 0 Å². The van der Waals surface area contributed by atoms with Gasteiger partial charge in [0.2, 0.25) is 0 Å². The van der Waals surface area contributed by atoms with E-state index in [-0.39, 0.29) is 11.9 Å². The van der Waals surface area contributed by atoms with Crippen molar-refractivity contribution in [3.8, 4) is 0 Å². The van der Waals surface area contributed by atoms with Crippen LogP contribution in [0.4, 0.5) is 4.39 Å². The molecule has 0 spiro atoms. The summed E-state index contributed by atoms with van der Waals surface area (Å²) in [7, 11) is 0. The molecule has 100 valence electrons. The van der Waals surface area contributed by atoms with Crippen LogP contribution in [0.1, 0.15) is 29.7 Å². The minimum Gasteiger partial charge on any atom is -0.306 e. The highest BCUT2D eigenvalue weighted by Gasteiger charge is 2.05. The molecule has 0 amide bonds. The second-order valence-corrected chi connectivity index (χ2v) is 5.17. The van der Waals surface area contributed by atoms with E-state index in [1.165, 1.54) is 0 Å². The van der Waals surface area contributed by atoms with Gasteiger partial charge in [0.05, 0.1) is 0 Å². The first-order chi connectivity index (χ1) is 9.06. The quantitative estimate of drug-likeness (QED) is 0.858. The lowest BCUT2D eigenvalue weighted by Gasteiger charge is -2.14. The van der Waals surface area contributed by atoms with Crippen LogP contribution in [0, 0.1) is 12.7 Å². The molecule has 0 unspecified atom stereocenters. The zero-order valence-corrected chi connectivity index (χ0v) is 11.8. The van der Waals surface area contributed by atoms with Crippen LogP contribution >= 0.6 is 11.6 Å². The molecule has 3 heteroatoms. The largest absolute Gasteiger partial charge is 0.306 e. The molecule has 0 saturated heterocycles. The van der Waals surface area contributed by atoms with Crippen LogP contribution in [-0.4, -0.2) is 0 Å². The van der Waals surface area contributed by atoms with E-state index in [4.69, 9.17) is 11.6 Å². The second-order valence-electron chi connectivity index (χ2n) is 4.74. The second kappa shape index (κ2) is 6.18. The number of hydrogen-bond donors (Lipinski definition) is 1. The van der Waals surface area contributed by atoms with Crippen LogP contribution < -0.4 is 5.32 Å². The van der Waals surface area contributed by atoms with Gasteiger partial charge in [0.15, 0.2) is 0 Å². The van der Waals surface area contributed by atoms with Gasteiger partial charge < -0.3 is 5.32 Å². The van der Waals surface area contributed by atoms with Crippen LogP contribution in [0.25, 0.3) is 0 Å². The third-order valence-electron chi connectivity index (χ3n) is 3.22. The van der Waals surface area contributed by atoms with Gasteiger partial charge in [0, 0.05) is 17.6 Å². The molecule has 0 aliphatic heterocycles. The van der Waals surface area contributed by atoms with Crippen molar-refractivity contribution in [3.05, 3.63) is 70.0 Å². The zero-order valence-electron chi connectivity index (χ0n) is 11.1. The predicted molar refractivity (Wildman–Crippen MR) is 77.8 cm³/mol. The molecule has 0 bridgehead atoms. The Balaban J connectivity index is 1.98. The van der Waals surface area contributed by atoms with Crippen LogP contribution in [-0.2, 0) is 6.54 Å². The van der Waals surface area contributed by atoms with E-state index in [2.05, 4.69) is 12.2 Å². The van der Waals surface area contributed by atoms with Gasteiger partial charge in [0.1, 0.15) is 5.82 Å². The highest BCUT2D eigenvalue weighted by atomic mass is 35.5. The lowest BCUT2D eigenvalue weighted by atomic mass is 10.1. The van der Waals surface area contributed by atoms with Crippen LogP contribution in [0.3, 0.4) is 0 Å². The van der Waals surface area contributed by atoms with E-state index in [0.29, 0.717) is 12.1 Å². The van der Waals surface area contributed by atoms with Gasteiger partial charge in [0.25, 0.3) is 0 Å². The third kappa shape index (κ3) is 3.79. The Morgan fingerprint density at radius 2 is 1.84 bits per heavy atom. The Hall–Kier alpha value is -1.38. The monoisotopic (exact) mass is 277 g/mol. The molecule has 0 heterocycles. The Morgan fingerprint density at radius 3 is 2.47 bits per heavy atom. The average molecular weight is 278 g/mol. The van der Waals surface area contributed by atoms with Crippen molar-refractivity contribution in [2.45, 2.75) is 26.4 Å². The van der Waals surface area contributed by atoms with E-state index in [0.717, 1.165) is 16.1 Å². The lowest BCUT2D eigenvalue weighted by Crippen LogP contribution is -2.18. The smallest absolute Gasteiger partial charge is 0.126 e. The molecular formula is C16H17ClFN. The van der Waals surface area contributed by atoms with Crippen molar-refractivity contribution in [2.24, 2.45) is 0 Å². The Bertz CT molecular complexity index is 551. The summed E-state index contributed by atoms with van der Waals surface area (Å²) in [5.74, 6) is -0.154. The Kier molecular flexibility index (Phi) is 4.56. The zero-order chi connectivity index (χ0) is 13.8. The molecule has 2 aromatic rings. The summed E-state index contributed by atoms with van der Waals surface area (Å²) in [4.78, 5) is 0. The molecule has 1 atom stereocenters. The highest BCUT2D eigenvalue weighted by molar-refractivity contribution is 6.30. The Morgan fingerprint density at radius 1 is 1.16 bits per heavy atom.